The molecule has 2 aromatic rings. The average molecular weight is 585 g/mol. The van der Waals surface area contributed by atoms with Crippen LogP contribution in [-0.2, 0) is 22.2 Å². The Morgan fingerprint density at radius 2 is 1.90 bits per heavy atom. The number of amides is 1. The van der Waals surface area contributed by atoms with Crippen LogP contribution in [0.25, 0.3) is 0 Å². The Morgan fingerprint density at radius 1 is 1.10 bits per heavy atom. The second kappa shape index (κ2) is 16.7. The molecule has 0 spiro atoms. The Bertz CT molecular complexity index is 1180. The quantitative estimate of drug-likeness (QED) is 0.405. The van der Waals surface area contributed by atoms with Crippen LogP contribution >= 0.6 is 0 Å². The number of nitrogens with zero attached hydrogens (tertiary/aromatic N) is 1. The lowest BCUT2D eigenvalue weighted by Gasteiger charge is -2.29. The molecule has 0 aliphatic carbocycles. The second-order valence-electron chi connectivity index (χ2n) is 11.0. The van der Waals surface area contributed by atoms with E-state index in [9.17, 15) is 14.1 Å². The highest BCUT2D eigenvalue weighted by Gasteiger charge is 2.28. The van der Waals surface area contributed by atoms with Gasteiger partial charge in [-0.1, -0.05) is 62.6 Å². The number of anilines is 1. The fourth-order valence-electron chi connectivity index (χ4n) is 5.68. The van der Waals surface area contributed by atoms with Gasteiger partial charge in [-0.15, -0.1) is 0 Å². The van der Waals surface area contributed by atoms with Crippen molar-refractivity contribution < 1.29 is 24.0 Å². The SMILES string of the molecule is CCCc1cc(C)ccc1C1COc2ccc3cc2N(CCC(CC)C/C=C/CCC(CO)C(=O)NS3=O)C1.CO. The third-order valence-electron chi connectivity index (χ3n) is 8.11. The van der Waals surface area contributed by atoms with Gasteiger partial charge >= 0.3 is 0 Å². The minimum atomic E-state index is -1.72. The molecule has 2 heterocycles. The van der Waals surface area contributed by atoms with Crippen LogP contribution < -0.4 is 14.4 Å². The fraction of sp³-hybridized carbons (Fsp3) is 0.545. The zero-order chi connectivity index (χ0) is 29.8. The first-order chi connectivity index (χ1) is 19.9. The summed E-state index contributed by atoms with van der Waals surface area (Å²) in [6.45, 7) is 8.63. The fourth-order valence-corrected chi connectivity index (χ4v) is 6.56. The number of rotatable bonds is 5. The summed E-state index contributed by atoms with van der Waals surface area (Å²) < 4.78 is 22.3. The van der Waals surface area contributed by atoms with E-state index < -0.39 is 16.9 Å². The van der Waals surface area contributed by atoms with Crippen LogP contribution in [0.15, 0.2) is 53.4 Å². The molecule has 0 saturated heterocycles. The topological polar surface area (TPSA) is 99.1 Å². The van der Waals surface area contributed by atoms with Crippen LogP contribution in [0.3, 0.4) is 0 Å². The predicted molar refractivity (Wildman–Crippen MR) is 167 cm³/mol. The van der Waals surface area contributed by atoms with E-state index in [0.717, 1.165) is 63.7 Å². The maximum absolute atomic E-state index is 13.2. The maximum Gasteiger partial charge on any atom is 0.237 e. The number of hydrogen-bond donors (Lipinski definition) is 3. The molecule has 2 aliphatic heterocycles. The van der Waals surface area contributed by atoms with E-state index in [4.69, 9.17) is 9.84 Å². The van der Waals surface area contributed by atoms with E-state index in [-0.39, 0.29) is 18.4 Å². The molecule has 8 heteroatoms. The zero-order valence-corrected chi connectivity index (χ0v) is 25.9. The third-order valence-corrected chi connectivity index (χ3v) is 9.18. The number of ether oxygens (including phenoxy) is 1. The van der Waals surface area contributed by atoms with Crippen molar-refractivity contribution in [2.75, 3.05) is 38.3 Å². The van der Waals surface area contributed by atoms with Crippen molar-refractivity contribution in [3.63, 3.8) is 0 Å². The molecule has 0 fully saturated rings. The number of aliphatic hydroxyl groups excluding tert-OH is 2. The first kappa shape index (κ1) is 32.8. The Hall–Kier alpha value is -2.68. The number of benzene rings is 2. The number of hydrogen-bond acceptors (Lipinski definition) is 6. The summed E-state index contributed by atoms with van der Waals surface area (Å²) in [5.41, 5.74) is 4.95. The van der Waals surface area contributed by atoms with Crippen LogP contribution in [0.5, 0.6) is 5.75 Å². The number of fused-ring (bicyclic) bond motifs is 1. The van der Waals surface area contributed by atoms with Gasteiger partial charge < -0.3 is 19.8 Å². The highest BCUT2D eigenvalue weighted by molar-refractivity contribution is 7.83. The lowest BCUT2D eigenvalue weighted by atomic mass is 9.90. The minimum absolute atomic E-state index is 0.212. The molecule has 4 rings (SSSR count). The summed E-state index contributed by atoms with van der Waals surface area (Å²) in [6.07, 6.45) is 10.8. The molecule has 0 aromatic heterocycles. The molecular formula is C33H48N2O5S. The van der Waals surface area contributed by atoms with Gasteiger partial charge in [0, 0.05) is 26.1 Å². The summed E-state index contributed by atoms with van der Waals surface area (Å²) in [5, 5.41) is 16.8. The van der Waals surface area contributed by atoms with Crippen molar-refractivity contribution >= 4 is 22.6 Å². The van der Waals surface area contributed by atoms with Crippen molar-refractivity contribution in [2.24, 2.45) is 11.8 Å². The molecule has 4 unspecified atom stereocenters. The normalized spacial score (nSPS) is 24.2. The van der Waals surface area contributed by atoms with E-state index in [1.165, 1.54) is 16.7 Å². The van der Waals surface area contributed by atoms with Crippen LogP contribution in [0.2, 0.25) is 0 Å². The molecular weight excluding hydrogens is 536 g/mol. The molecule has 1 amide bonds. The standard InChI is InChI=1S/C32H44N2O4S.CH4O/c1-4-9-25-18-23(3)12-14-29(25)27-20-34-17-16-24(5-2)10-7-6-8-11-26(21-35)32(36)33-39(37)28-13-15-31(38-22-27)30(34)19-28;1-2/h6-7,12-15,18-19,24,26-27,35H,4-5,8-11,16-17,20-22H2,1-3H3,(H,33,36);2H,1H3/b7-6+;. The number of aliphatic hydroxyl groups is 2. The Kier molecular flexibility index (Phi) is 13.4. The van der Waals surface area contributed by atoms with Crippen LogP contribution in [0, 0.1) is 18.8 Å². The molecule has 226 valence electrons. The van der Waals surface area contributed by atoms with Gasteiger partial charge in [0.2, 0.25) is 5.91 Å². The first-order valence-corrected chi connectivity index (χ1v) is 16.1. The van der Waals surface area contributed by atoms with Gasteiger partial charge in [-0.25, -0.2) is 4.21 Å². The summed E-state index contributed by atoms with van der Waals surface area (Å²) in [6, 6.07) is 12.4. The zero-order valence-electron chi connectivity index (χ0n) is 25.1. The Labute approximate surface area is 248 Å². The molecule has 41 heavy (non-hydrogen) atoms. The van der Waals surface area contributed by atoms with Crippen molar-refractivity contribution in [3.05, 3.63) is 65.2 Å². The molecule has 2 aliphatic rings. The predicted octanol–water partition coefficient (Wildman–Crippen LogP) is 5.44. The Morgan fingerprint density at radius 3 is 2.63 bits per heavy atom. The molecule has 0 saturated carbocycles. The van der Waals surface area contributed by atoms with Crippen molar-refractivity contribution in [2.45, 2.75) is 76.5 Å². The number of aryl methyl sites for hydroxylation is 2. The molecule has 2 bridgehead atoms. The number of nitrogens with one attached hydrogen (secondary N) is 1. The number of carbonyl (C=O) groups excluding carboxylic acids is 1. The van der Waals surface area contributed by atoms with E-state index >= 15 is 0 Å². The van der Waals surface area contributed by atoms with Gasteiger partial charge in [0.15, 0.2) is 11.0 Å². The smallest absolute Gasteiger partial charge is 0.237 e. The highest BCUT2D eigenvalue weighted by atomic mass is 32.2. The molecule has 3 N–H and O–H groups in total. The van der Waals surface area contributed by atoms with Crippen molar-refractivity contribution in [3.8, 4) is 5.75 Å². The summed E-state index contributed by atoms with van der Waals surface area (Å²) >= 11 is 0. The van der Waals surface area contributed by atoms with Crippen molar-refractivity contribution in [1.82, 2.24) is 4.72 Å². The monoisotopic (exact) mass is 584 g/mol. The van der Waals surface area contributed by atoms with Crippen LogP contribution in [0.1, 0.15) is 75.0 Å². The van der Waals surface area contributed by atoms with Gasteiger partial charge in [-0.05, 0) is 74.3 Å². The summed E-state index contributed by atoms with van der Waals surface area (Å²) in [5.74, 6) is 0.583. The second-order valence-corrected chi connectivity index (χ2v) is 12.2. The lowest BCUT2D eigenvalue weighted by molar-refractivity contribution is -0.124. The first-order valence-electron chi connectivity index (χ1n) is 15.0. The van der Waals surface area contributed by atoms with E-state index in [0.29, 0.717) is 30.3 Å². The highest BCUT2D eigenvalue weighted by Crippen LogP contribution is 2.37. The third kappa shape index (κ3) is 8.90. The van der Waals surface area contributed by atoms with Crippen LogP contribution in [-0.4, -0.2) is 53.7 Å². The van der Waals surface area contributed by atoms with Gasteiger partial charge in [0.05, 0.1) is 29.7 Å². The number of carbonyl (C=O) groups is 1. The summed E-state index contributed by atoms with van der Waals surface area (Å²) in [7, 11) is -0.725. The van der Waals surface area contributed by atoms with Crippen LogP contribution in [0.4, 0.5) is 5.69 Å². The Balaban J connectivity index is 0.00000226. The van der Waals surface area contributed by atoms with Gasteiger partial charge in [0.1, 0.15) is 5.75 Å². The van der Waals surface area contributed by atoms with Crippen molar-refractivity contribution in [1.29, 1.82) is 0 Å². The van der Waals surface area contributed by atoms with Gasteiger partial charge in [0.25, 0.3) is 0 Å². The molecule has 2 aromatic carbocycles. The van der Waals surface area contributed by atoms with E-state index in [2.05, 4.69) is 60.7 Å². The molecule has 7 nitrogen and oxygen atoms in total. The molecule has 0 radical (unpaired) electrons. The lowest BCUT2D eigenvalue weighted by Crippen LogP contribution is -2.34. The minimum Gasteiger partial charge on any atom is -0.491 e. The van der Waals surface area contributed by atoms with E-state index in [1.807, 2.05) is 12.1 Å². The maximum atomic E-state index is 13.2. The largest absolute Gasteiger partial charge is 0.491 e. The van der Waals surface area contributed by atoms with Gasteiger partial charge in [-0.3, -0.25) is 9.52 Å². The van der Waals surface area contributed by atoms with E-state index in [1.54, 1.807) is 6.07 Å². The molecule has 4 atom stereocenters. The number of allylic oxidation sites excluding steroid dienone is 2. The average Bonchev–Trinajstić information content (AvgIpc) is 3.16. The van der Waals surface area contributed by atoms with Gasteiger partial charge in [-0.2, -0.15) is 0 Å². The summed E-state index contributed by atoms with van der Waals surface area (Å²) in [4.78, 5) is 15.7.